The Hall–Kier alpha value is -2.90. The molecule has 0 unspecified atom stereocenters. The van der Waals surface area contributed by atoms with E-state index in [0.29, 0.717) is 21.5 Å². The van der Waals surface area contributed by atoms with E-state index in [4.69, 9.17) is 11.6 Å². The first-order chi connectivity index (χ1) is 12.9. The highest BCUT2D eigenvalue weighted by molar-refractivity contribution is 7.14. The Balaban J connectivity index is 1.88. The molecule has 3 aromatic rings. The topological polar surface area (TPSA) is 83.1 Å². The van der Waals surface area contributed by atoms with Gasteiger partial charge in [-0.3, -0.25) is 9.59 Å². The van der Waals surface area contributed by atoms with Gasteiger partial charge in [0.1, 0.15) is 0 Å². The Bertz CT molecular complexity index is 986. The summed E-state index contributed by atoms with van der Waals surface area (Å²) in [5.41, 5.74) is 3.54. The average Bonchev–Trinajstić information content (AvgIpc) is 3.04. The zero-order valence-electron chi connectivity index (χ0n) is 14.7. The molecular weight excluding hydrogens is 384 g/mol. The van der Waals surface area contributed by atoms with Crippen molar-refractivity contribution in [1.29, 1.82) is 0 Å². The van der Waals surface area contributed by atoms with Gasteiger partial charge >= 0.3 is 0 Å². The number of halogens is 1. The number of carbonyl (C=O) groups excluding carboxylic acids is 2. The summed E-state index contributed by atoms with van der Waals surface area (Å²) in [5.74, 6) is -0.384. The molecule has 1 heterocycles. The van der Waals surface area contributed by atoms with Crippen molar-refractivity contribution < 1.29 is 9.59 Å². The Labute approximate surface area is 165 Å². The van der Waals surface area contributed by atoms with Crippen molar-refractivity contribution in [3.8, 4) is 11.3 Å². The van der Waals surface area contributed by atoms with Gasteiger partial charge in [0.25, 0.3) is 0 Å². The number of hydrogen-bond acceptors (Lipinski definition) is 5. The fraction of sp³-hybridized carbons (Fsp3) is 0.105. The van der Waals surface area contributed by atoms with Crippen LogP contribution in [0.25, 0.3) is 11.3 Å². The third-order valence-corrected chi connectivity index (χ3v) is 4.54. The molecule has 0 fully saturated rings. The van der Waals surface area contributed by atoms with E-state index in [1.807, 2.05) is 23.6 Å². The van der Waals surface area contributed by atoms with Crippen LogP contribution in [0.1, 0.15) is 13.8 Å². The monoisotopic (exact) mass is 400 g/mol. The fourth-order valence-corrected chi connectivity index (χ4v) is 3.31. The van der Waals surface area contributed by atoms with E-state index in [1.54, 1.807) is 24.3 Å². The molecule has 0 aliphatic carbocycles. The summed E-state index contributed by atoms with van der Waals surface area (Å²) in [6, 6.07) is 12.6. The molecule has 3 N–H and O–H groups in total. The highest BCUT2D eigenvalue weighted by Gasteiger charge is 2.12. The van der Waals surface area contributed by atoms with Crippen LogP contribution in [0.3, 0.4) is 0 Å². The van der Waals surface area contributed by atoms with Crippen molar-refractivity contribution in [3.05, 3.63) is 52.9 Å². The SMILES string of the molecule is CC(=O)Nc1ccc(-c2csc(Nc3ccc(Cl)cc3)n2)c(NC(C)=O)c1. The molecule has 2 amide bonds. The van der Waals surface area contributed by atoms with E-state index >= 15 is 0 Å². The molecule has 0 atom stereocenters. The summed E-state index contributed by atoms with van der Waals surface area (Å²) in [4.78, 5) is 27.4. The number of anilines is 4. The maximum Gasteiger partial charge on any atom is 0.221 e. The molecule has 8 heteroatoms. The van der Waals surface area contributed by atoms with Crippen LogP contribution >= 0.6 is 22.9 Å². The molecule has 138 valence electrons. The van der Waals surface area contributed by atoms with Gasteiger partial charge in [-0.1, -0.05) is 11.6 Å². The number of benzene rings is 2. The minimum Gasteiger partial charge on any atom is -0.332 e. The van der Waals surface area contributed by atoms with E-state index in [1.165, 1.54) is 25.2 Å². The summed E-state index contributed by atoms with van der Waals surface area (Å²) >= 11 is 7.35. The molecule has 0 saturated heterocycles. The maximum absolute atomic E-state index is 11.6. The molecule has 0 aliphatic rings. The molecule has 2 aromatic carbocycles. The smallest absolute Gasteiger partial charge is 0.221 e. The van der Waals surface area contributed by atoms with Gasteiger partial charge in [0, 0.05) is 41.2 Å². The Morgan fingerprint density at radius 2 is 1.63 bits per heavy atom. The van der Waals surface area contributed by atoms with Crippen molar-refractivity contribution in [3.63, 3.8) is 0 Å². The number of rotatable bonds is 5. The van der Waals surface area contributed by atoms with Crippen LogP contribution in [0.15, 0.2) is 47.8 Å². The largest absolute Gasteiger partial charge is 0.332 e. The van der Waals surface area contributed by atoms with Crippen LogP contribution < -0.4 is 16.0 Å². The average molecular weight is 401 g/mol. The number of nitrogens with zero attached hydrogens (tertiary/aromatic N) is 1. The second-order valence-corrected chi connectivity index (χ2v) is 7.09. The van der Waals surface area contributed by atoms with Gasteiger partial charge < -0.3 is 16.0 Å². The third kappa shape index (κ3) is 5.06. The van der Waals surface area contributed by atoms with Crippen molar-refractivity contribution in [2.45, 2.75) is 13.8 Å². The molecule has 0 bridgehead atoms. The predicted octanol–water partition coefficient (Wildman–Crippen LogP) is 5.12. The molecule has 6 nitrogen and oxygen atoms in total. The minimum absolute atomic E-state index is 0.181. The van der Waals surface area contributed by atoms with E-state index in [0.717, 1.165) is 16.9 Å². The van der Waals surface area contributed by atoms with Crippen molar-refractivity contribution >= 4 is 56.9 Å². The van der Waals surface area contributed by atoms with E-state index in [9.17, 15) is 9.59 Å². The van der Waals surface area contributed by atoms with Gasteiger partial charge in [-0.15, -0.1) is 11.3 Å². The van der Waals surface area contributed by atoms with Gasteiger partial charge in [-0.05, 0) is 42.5 Å². The number of aromatic nitrogens is 1. The lowest BCUT2D eigenvalue weighted by molar-refractivity contribution is -0.115. The Morgan fingerprint density at radius 3 is 2.30 bits per heavy atom. The van der Waals surface area contributed by atoms with E-state index < -0.39 is 0 Å². The first-order valence-electron chi connectivity index (χ1n) is 8.08. The second-order valence-electron chi connectivity index (χ2n) is 5.79. The lowest BCUT2D eigenvalue weighted by Crippen LogP contribution is -2.09. The van der Waals surface area contributed by atoms with Gasteiger partial charge in [0.05, 0.1) is 11.4 Å². The highest BCUT2D eigenvalue weighted by atomic mass is 35.5. The van der Waals surface area contributed by atoms with Crippen LogP contribution in [0.2, 0.25) is 5.02 Å². The lowest BCUT2D eigenvalue weighted by atomic mass is 10.1. The molecule has 0 aliphatic heterocycles. The lowest BCUT2D eigenvalue weighted by Gasteiger charge is -2.11. The zero-order valence-corrected chi connectivity index (χ0v) is 16.2. The molecule has 1 aromatic heterocycles. The maximum atomic E-state index is 11.6. The molecule has 0 saturated carbocycles. The Morgan fingerprint density at radius 1 is 0.963 bits per heavy atom. The number of hydrogen-bond donors (Lipinski definition) is 3. The van der Waals surface area contributed by atoms with Crippen molar-refractivity contribution in [2.75, 3.05) is 16.0 Å². The molecule has 0 spiro atoms. The van der Waals surface area contributed by atoms with Crippen molar-refractivity contribution in [2.24, 2.45) is 0 Å². The van der Waals surface area contributed by atoms with Crippen LogP contribution in [0, 0.1) is 0 Å². The standard InChI is InChI=1S/C19H17ClN4O2S/c1-11(25)21-15-7-8-16(17(9-15)22-12(2)26)18-10-27-19(24-18)23-14-5-3-13(20)4-6-14/h3-10H,1-2H3,(H,21,25)(H,22,26)(H,23,24). The summed E-state index contributed by atoms with van der Waals surface area (Å²) < 4.78 is 0. The highest BCUT2D eigenvalue weighted by Crippen LogP contribution is 2.34. The molecular formula is C19H17ClN4O2S. The molecule has 3 rings (SSSR count). The van der Waals surface area contributed by atoms with E-state index in [-0.39, 0.29) is 11.8 Å². The van der Waals surface area contributed by atoms with Crippen LogP contribution in [-0.2, 0) is 9.59 Å². The van der Waals surface area contributed by atoms with Gasteiger partial charge in [-0.2, -0.15) is 0 Å². The van der Waals surface area contributed by atoms with Crippen LogP contribution in [0.4, 0.5) is 22.2 Å². The number of thiazole rings is 1. The predicted molar refractivity (Wildman–Crippen MR) is 111 cm³/mol. The zero-order chi connectivity index (χ0) is 19.4. The second kappa shape index (κ2) is 8.20. The van der Waals surface area contributed by atoms with Gasteiger partial charge in [0.2, 0.25) is 11.8 Å². The van der Waals surface area contributed by atoms with Crippen molar-refractivity contribution in [1.82, 2.24) is 4.98 Å². The quantitative estimate of drug-likeness (QED) is 0.554. The Kier molecular flexibility index (Phi) is 5.73. The van der Waals surface area contributed by atoms with E-state index in [2.05, 4.69) is 20.9 Å². The van der Waals surface area contributed by atoms with Gasteiger partial charge in [0.15, 0.2) is 5.13 Å². The number of carbonyl (C=O) groups is 2. The molecule has 0 radical (unpaired) electrons. The molecule has 27 heavy (non-hydrogen) atoms. The minimum atomic E-state index is -0.203. The summed E-state index contributed by atoms with van der Waals surface area (Å²) in [6.07, 6.45) is 0. The first kappa shape index (κ1) is 18.9. The third-order valence-electron chi connectivity index (χ3n) is 3.53. The van der Waals surface area contributed by atoms with Crippen LogP contribution in [-0.4, -0.2) is 16.8 Å². The first-order valence-corrected chi connectivity index (χ1v) is 9.34. The van der Waals surface area contributed by atoms with Crippen LogP contribution in [0.5, 0.6) is 0 Å². The number of nitrogens with one attached hydrogen (secondary N) is 3. The summed E-state index contributed by atoms with van der Waals surface area (Å²) in [7, 11) is 0. The van der Waals surface area contributed by atoms with Gasteiger partial charge in [-0.25, -0.2) is 4.98 Å². The fourth-order valence-electron chi connectivity index (χ4n) is 2.45. The normalized spacial score (nSPS) is 10.3. The summed E-state index contributed by atoms with van der Waals surface area (Å²) in [5, 5.41) is 12.0. The number of amides is 2. The summed E-state index contributed by atoms with van der Waals surface area (Å²) in [6.45, 7) is 2.87.